The summed E-state index contributed by atoms with van der Waals surface area (Å²) < 4.78 is 141. The molecule has 334 valence electrons. The van der Waals surface area contributed by atoms with Gasteiger partial charge in [-0.25, -0.2) is 13.2 Å². The third-order valence-electron chi connectivity index (χ3n) is 6.69. The highest BCUT2D eigenvalue weighted by Gasteiger charge is 2.28. The van der Waals surface area contributed by atoms with Gasteiger partial charge in [0.2, 0.25) is 34.8 Å². The molecule has 0 bridgehead atoms. The van der Waals surface area contributed by atoms with Crippen molar-refractivity contribution in [3.05, 3.63) is 29.1 Å². The van der Waals surface area contributed by atoms with E-state index in [1.54, 1.807) is 0 Å². The van der Waals surface area contributed by atoms with Crippen LogP contribution in [0.1, 0.15) is 6.42 Å². The lowest BCUT2D eigenvalue weighted by molar-refractivity contribution is -0.136. The smallest absolute Gasteiger partial charge is 0.313 e. The molecule has 0 saturated heterocycles. The van der Waals surface area contributed by atoms with Gasteiger partial charge in [0.15, 0.2) is 8.32 Å². The van der Waals surface area contributed by atoms with E-state index in [0.717, 1.165) is 0 Å². The van der Waals surface area contributed by atoms with Crippen LogP contribution >= 0.6 is 0 Å². The lowest BCUT2D eigenvalue weighted by atomic mass is 10.2. The molecule has 1 aromatic carbocycles. The molecule has 0 amide bonds. The van der Waals surface area contributed by atoms with Gasteiger partial charge in [-0.1, -0.05) is 0 Å². The Bertz CT molecular complexity index is 1110. The fraction of sp³-hybridized carbons (Fsp3) is 0.806. The van der Waals surface area contributed by atoms with Crippen molar-refractivity contribution in [2.45, 2.75) is 26.1 Å². The molecular formula is C36H61F5O15Si. The molecule has 0 aliphatic rings. The van der Waals surface area contributed by atoms with E-state index in [1.165, 1.54) is 0 Å². The summed E-state index contributed by atoms with van der Waals surface area (Å²) in [5, 5.41) is 0. The average Bonchev–Trinajstić information content (AvgIpc) is 3.18. The standard InChI is InChI=1S/C36H61F5O15Si/c1-57(2,3)55-29-28-54-27-26-53-25-24-52-23-22-51-21-20-50-19-18-49-17-16-48-15-14-47-13-12-46-11-10-45-9-8-44-7-6-43-5-4-30(42)56-36-34(40)32(38)31(37)33(39)35(36)41/h4-29H2,1-3H3. The van der Waals surface area contributed by atoms with Gasteiger partial charge in [0.1, 0.15) is 0 Å². The highest BCUT2D eigenvalue weighted by molar-refractivity contribution is 6.69. The molecule has 0 spiro atoms. The van der Waals surface area contributed by atoms with Crippen molar-refractivity contribution in [1.82, 2.24) is 0 Å². The van der Waals surface area contributed by atoms with Gasteiger partial charge in [0.05, 0.1) is 172 Å². The van der Waals surface area contributed by atoms with Gasteiger partial charge < -0.3 is 66.0 Å². The van der Waals surface area contributed by atoms with Crippen LogP contribution < -0.4 is 4.74 Å². The van der Waals surface area contributed by atoms with Crippen molar-refractivity contribution in [1.29, 1.82) is 0 Å². The van der Waals surface area contributed by atoms with Crippen molar-refractivity contribution >= 4 is 14.3 Å². The van der Waals surface area contributed by atoms with Gasteiger partial charge in [-0.2, -0.15) is 8.78 Å². The normalized spacial score (nSPS) is 11.9. The maximum atomic E-state index is 13.6. The summed E-state index contributed by atoms with van der Waals surface area (Å²) in [6.07, 6.45) is -0.489. The van der Waals surface area contributed by atoms with Gasteiger partial charge in [-0.3, -0.25) is 4.79 Å². The summed E-state index contributed by atoms with van der Waals surface area (Å²) in [5.41, 5.74) is 0. The first-order chi connectivity index (χ1) is 27.5. The number of ether oxygens (including phenoxy) is 13. The third kappa shape index (κ3) is 30.7. The number of hydrogen-bond acceptors (Lipinski definition) is 15. The van der Waals surface area contributed by atoms with Crippen LogP contribution in [0.5, 0.6) is 5.75 Å². The molecule has 0 heterocycles. The topological polar surface area (TPSA) is 146 Å². The van der Waals surface area contributed by atoms with Crippen LogP contribution in [0.2, 0.25) is 19.6 Å². The molecule has 21 heteroatoms. The van der Waals surface area contributed by atoms with E-state index in [0.29, 0.717) is 139 Å². The lowest BCUT2D eigenvalue weighted by Crippen LogP contribution is -2.27. The number of carbonyl (C=O) groups excluding carboxylic acids is 1. The van der Waals surface area contributed by atoms with Crippen LogP contribution in [-0.2, 0) is 66.1 Å². The number of rotatable bonds is 41. The van der Waals surface area contributed by atoms with Crippen molar-refractivity contribution in [3.8, 4) is 5.75 Å². The molecule has 0 aliphatic heterocycles. The molecule has 0 N–H and O–H groups in total. The third-order valence-corrected chi connectivity index (χ3v) is 7.76. The first-order valence-electron chi connectivity index (χ1n) is 18.8. The highest BCUT2D eigenvalue weighted by atomic mass is 28.4. The molecule has 0 unspecified atom stereocenters. The predicted molar refractivity (Wildman–Crippen MR) is 196 cm³/mol. The van der Waals surface area contributed by atoms with E-state index >= 15 is 0 Å². The molecule has 0 fully saturated rings. The summed E-state index contributed by atoms with van der Waals surface area (Å²) in [5.74, 6) is -14.1. The number of hydrogen-bond donors (Lipinski definition) is 0. The van der Waals surface area contributed by atoms with Crippen LogP contribution in [0.3, 0.4) is 0 Å². The number of esters is 1. The van der Waals surface area contributed by atoms with Gasteiger partial charge in [0, 0.05) is 0 Å². The maximum Gasteiger partial charge on any atom is 0.313 e. The van der Waals surface area contributed by atoms with Crippen LogP contribution in [0.15, 0.2) is 0 Å². The molecular weight excluding hydrogens is 795 g/mol. The van der Waals surface area contributed by atoms with E-state index in [2.05, 4.69) is 24.4 Å². The zero-order valence-electron chi connectivity index (χ0n) is 33.4. The Hall–Kier alpha value is -1.96. The quantitative estimate of drug-likeness (QED) is 0.0179. The molecule has 0 saturated carbocycles. The van der Waals surface area contributed by atoms with Crippen molar-refractivity contribution in [2.75, 3.05) is 165 Å². The van der Waals surface area contributed by atoms with Crippen LogP contribution in [0, 0.1) is 29.1 Å². The molecule has 1 rings (SSSR count). The minimum atomic E-state index is -2.35. The van der Waals surface area contributed by atoms with Crippen LogP contribution in [0.25, 0.3) is 0 Å². The first-order valence-corrected chi connectivity index (χ1v) is 22.2. The Balaban J connectivity index is 1.71. The Kier molecular flexibility index (Phi) is 33.4. The second-order valence-corrected chi connectivity index (χ2v) is 16.9. The fourth-order valence-corrected chi connectivity index (χ4v) is 4.62. The Morgan fingerprint density at radius 1 is 0.351 bits per heavy atom. The van der Waals surface area contributed by atoms with Crippen LogP contribution in [-0.4, -0.2) is 179 Å². The van der Waals surface area contributed by atoms with E-state index in [4.69, 9.17) is 61.3 Å². The molecule has 0 radical (unpaired) electrons. The van der Waals surface area contributed by atoms with Gasteiger partial charge in [-0.05, 0) is 19.6 Å². The zero-order chi connectivity index (χ0) is 41.8. The van der Waals surface area contributed by atoms with E-state index < -0.39 is 55.5 Å². The minimum absolute atomic E-state index is 0.0782. The summed E-state index contributed by atoms with van der Waals surface area (Å²) in [4.78, 5) is 11.7. The van der Waals surface area contributed by atoms with Gasteiger partial charge in [-0.15, -0.1) is 0 Å². The lowest BCUT2D eigenvalue weighted by Gasteiger charge is -2.16. The SMILES string of the molecule is C[Si](C)(C)OCCOCCOCCOCCOCCOCCOCCOCCOCCOCCOCCOCCOCCC(=O)Oc1c(F)c(F)c(F)c(F)c1F. The highest BCUT2D eigenvalue weighted by Crippen LogP contribution is 2.29. The fourth-order valence-electron chi connectivity index (χ4n) is 3.92. The summed E-state index contributed by atoms with van der Waals surface area (Å²) in [7, 11) is -1.47. The zero-order valence-corrected chi connectivity index (χ0v) is 34.4. The minimum Gasteiger partial charge on any atom is -0.420 e. The Morgan fingerprint density at radius 3 is 0.807 bits per heavy atom. The monoisotopic (exact) mass is 856 g/mol. The summed E-state index contributed by atoms with van der Waals surface area (Å²) in [6.45, 7) is 16.5. The van der Waals surface area contributed by atoms with Crippen molar-refractivity contribution in [2.24, 2.45) is 0 Å². The molecule has 57 heavy (non-hydrogen) atoms. The molecule has 0 atom stereocenters. The van der Waals surface area contributed by atoms with Gasteiger partial charge >= 0.3 is 5.97 Å². The molecule has 0 aromatic heterocycles. The Morgan fingerprint density at radius 2 is 0.561 bits per heavy atom. The number of benzene rings is 1. The van der Waals surface area contributed by atoms with Gasteiger partial charge in [0.25, 0.3) is 0 Å². The number of carbonyl (C=O) groups is 1. The predicted octanol–water partition coefficient (Wildman–Crippen LogP) is 3.73. The average molecular weight is 857 g/mol. The molecule has 0 aliphatic carbocycles. The Labute approximate surface area is 332 Å². The maximum absolute atomic E-state index is 13.6. The largest absolute Gasteiger partial charge is 0.420 e. The van der Waals surface area contributed by atoms with E-state index in [-0.39, 0.29) is 26.4 Å². The van der Waals surface area contributed by atoms with Crippen molar-refractivity contribution in [3.63, 3.8) is 0 Å². The second-order valence-electron chi connectivity index (χ2n) is 12.4. The van der Waals surface area contributed by atoms with E-state index in [9.17, 15) is 26.7 Å². The second kappa shape index (κ2) is 35.9. The summed E-state index contributed by atoms with van der Waals surface area (Å²) >= 11 is 0. The first kappa shape index (κ1) is 53.1. The van der Waals surface area contributed by atoms with Crippen LogP contribution in [0.4, 0.5) is 22.0 Å². The molecule has 1 aromatic rings. The van der Waals surface area contributed by atoms with Crippen molar-refractivity contribution < 1.29 is 92.8 Å². The summed E-state index contributed by atoms with van der Waals surface area (Å²) in [6, 6.07) is 0. The van der Waals surface area contributed by atoms with E-state index in [1.807, 2.05) is 0 Å². The molecule has 15 nitrogen and oxygen atoms in total. The number of halogens is 5.